The summed E-state index contributed by atoms with van der Waals surface area (Å²) >= 11 is 0. The van der Waals surface area contributed by atoms with E-state index in [0.29, 0.717) is 19.7 Å². The lowest BCUT2D eigenvalue weighted by atomic mass is 9.79. The maximum atomic E-state index is 13.2. The van der Waals surface area contributed by atoms with E-state index >= 15 is 0 Å². The number of aromatic amines is 1. The van der Waals surface area contributed by atoms with Gasteiger partial charge in [-0.15, -0.1) is 0 Å². The first kappa shape index (κ1) is 19.4. The van der Waals surface area contributed by atoms with Crippen molar-refractivity contribution in [3.8, 4) is 5.75 Å². The number of H-pyrrole nitrogens is 1. The van der Waals surface area contributed by atoms with Gasteiger partial charge >= 0.3 is 0 Å². The summed E-state index contributed by atoms with van der Waals surface area (Å²) < 4.78 is 11.7. The van der Waals surface area contributed by atoms with E-state index in [-0.39, 0.29) is 22.6 Å². The van der Waals surface area contributed by atoms with Gasteiger partial charge < -0.3 is 19.4 Å². The van der Waals surface area contributed by atoms with Gasteiger partial charge in [0.2, 0.25) is 0 Å². The molecule has 6 heteroatoms. The summed E-state index contributed by atoms with van der Waals surface area (Å²) in [6.45, 7) is 1.85. The molecule has 1 spiro atoms. The van der Waals surface area contributed by atoms with Crippen LogP contribution in [0, 0.1) is 0 Å². The largest absolute Gasteiger partial charge is 0.497 e. The fourth-order valence-electron chi connectivity index (χ4n) is 5.27. The van der Waals surface area contributed by atoms with Crippen LogP contribution in [0.1, 0.15) is 58.4 Å². The second-order valence-electron chi connectivity index (χ2n) is 8.63. The Morgan fingerprint density at radius 1 is 1.10 bits per heavy atom. The van der Waals surface area contributed by atoms with Crippen LogP contribution in [0.4, 0.5) is 0 Å². The fraction of sp³-hybridized carbons (Fsp3) is 0.500. The van der Waals surface area contributed by atoms with Crippen molar-refractivity contribution in [1.82, 2.24) is 9.88 Å². The van der Waals surface area contributed by atoms with E-state index in [1.165, 1.54) is 11.1 Å². The first-order valence-electron chi connectivity index (χ1n) is 11.0. The molecule has 0 atom stereocenters. The third kappa shape index (κ3) is 3.23. The number of pyridine rings is 1. The Labute approximate surface area is 176 Å². The van der Waals surface area contributed by atoms with Crippen molar-refractivity contribution in [3.63, 3.8) is 0 Å². The van der Waals surface area contributed by atoms with E-state index in [4.69, 9.17) is 9.47 Å². The third-order valence-corrected chi connectivity index (χ3v) is 6.98. The van der Waals surface area contributed by atoms with Crippen LogP contribution >= 0.6 is 0 Å². The van der Waals surface area contributed by atoms with Crippen molar-refractivity contribution in [1.29, 1.82) is 0 Å². The van der Waals surface area contributed by atoms with E-state index in [0.717, 1.165) is 62.0 Å². The Morgan fingerprint density at radius 3 is 2.70 bits per heavy atom. The molecule has 1 saturated heterocycles. The summed E-state index contributed by atoms with van der Waals surface area (Å²) in [6.07, 6.45) is 6.39. The Bertz CT molecular complexity index is 1030. The summed E-state index contributed by atoms with van der Waals surface area (Å²) in [5, 5.41) is 0. The summed E-state index contributed by atoms with van der Waals surface area (Å²) in [6, 6.07) is 8.03. The van der Waals surface area contributed by atoms with Gasteiger partial charge in [-0.1, -0.05) is 6.07 Å². The van der Waals surface area contributed by atoms with Gasteiger partial charge in [0.1, 0.15) is 11.3 Å². The lowest BCUT2D eigenvalue weighted by molar-refractivity contribution is -0.0935. The van der Waals surface area contributed by atoms with Crippen LogP contribution in [0.3, 0.4) is 0 Å². The van der Waals surface area contributed by atoms with Crippen LogP contribution in [-0.2, 0) is 29.6 Å². The molecule has 0 unspecified atom stereocenters. The highest BCUT2D eigenvalue weighted by Crippen LogP contribution is 2.42. The van der Waals surface area contributed by atoms with Crippen molar-refractivity contribution in [3.05, 3.63) is 62.6 Å². The van der Waals surface area contributed by atoms with Gasteiger partial charge in [0.05, 0.1) is 19.3 Å². The first-order valence-corrected chi connectivity index (χ1v) is 11.0. The average molecular weight is 408 g/mol. The van der Waals surface area contributed by atoms with Crippen LogP contribution in [0.25, 0.3) is 0 Å². The minimum absolute atomic E-state index is 0.162. The van der Waals surface area contributed by atoms with Gasteiger partial charge in [-0.2, -0.15) is 0 Å². The highest BCUT2D eigenvalue weighted by Gasteiger charge is 2.42. The Kier molecular flexibility index (Phi) is 4.89. The van der Waals surface area contributed by atoms with Crippen LogP contribution in [0.15, 0.2) is 29.1 Å². The fourth-order valence-corrected chi connectivity index (χ4v) is 5.27. The predicted molar refractivity (Wildman–Crippen MR) is 113 cm³/mol. The number of rotatable bonds is 2. The number of nitrogens with one attached hydrogen (secondary N) is 1. The number of piperidine rings is 1. The van der Waals surface area contributed by atoms with Crippen LogP contribution < -0.4 is 10.3 Å². The van der Waals surface area contributed by atoms with E-state index in [1.807, 2.05) is 17.0 Å². The molecule has 1 fully saturated rings. The summed E-state index contributed by atoms with van der Waals surface area (Å²) in [4.78, 5) is 30.5. The van der Waals surface area contributed by atoms with E-state index in [2.05, 4.69) is 17.1 Å². The molecule has 1 aromatic heterocycles. The SMILES string of the molecule is COc1ccc2c(c1)CCOC21CCN(C(=O)c2cc3c([nH]c2=O)CCCC3)CC1. The number of aryl methyl sites for hydroxylation is 2. The molecule has 158 valence electrons. The van der Waals surface area contributed by atoms with Crippen molar-refractivity contribution in [2.45, 2.75) is 50.5 Å². The number of ether oxygens (including phenoxy) is 2. The molecule has 3 heterocycles. The quantitative estimate of drug-likeness (QED) is 0.829. The zero-order chi connectivity index (χ0) is 20.7. The third-order valence-electron chi connectivity index (χ3n) is 6.98. The second-order valence-corrected chi connectivity index (χ2v) is 8.63. The molecular weight excluding hydrogens is 380 g/mol. The number of methoxy groups -OCH3 is 1. The number of benzene rings is 1. The zero-order valence-electron chi connectivity index (χ0n) is 17.5. The normalized spacial score (nSPS) is 19.8. The van der Waals surface area contributed by atoms with E-state index in [1.54, 1.807) is 7.11 Å². The second kappa shape index (κ2) is 7.58. The zero-order valence-corrected chi connectivity index (χ0v) is 17.5. The molecule has 1 N–H and O–H groups in total. The minimum Gasteiger partial charge on any atom is -0.497 e. The number of amides is 1. The number of carbonyl (C=O) groups excluding carboxylic acids is 1. The van der Waals surface area contributed by atoms with Crippen molar-refractivity contribution in [2.75, 3.05) is 26.8 Å². The molecule has 30 heavy (non-hydrogen) atoms. The molecule has 5 rings (SSSR count). The van der Waals surface area contributed by atoms with Gasteiger partial charge in [0.15, 0.2) is 0 Å². The monoisotopic (exact) mass is 408 g/mol. The van der Waals surface area contributed by atoms with Gasteiger partial charge in [-0.05, 0) is 79.8 Å². The summed E-state index contributed by atoms with van der Waals surface area (Å²) in [5.41, 5.74) is 4.28. The number of fused-ring (bicyclic) bond motifs is 3. The van der Waals surface area contributed by atoms with Gasteiger partial charge in [0, 0.05) is 18.8 Å². The lowest BCUT2D eigenvalue weighted by Gasteiger charge is -2.45. The minimum atomic E-state index is -0.348. The molecule has 2 aromatic rings. The lowest BCUT2D eigenvalue weighted by Crippen LogP contribution is -2.49. The van der Waals surface area contributed by atoms with Crippen molar-refractivity contribution in [2.24, 2.45) is 0 Å². The molecule has 1 amide bonds. The highest BCUT2D eigenvalue weighted by atomic mass is 16.5. The number of nitrogens with zero attached hydrogens (tertiary/aromatic N) is 1. The van der Waals surface area contributed by atoms with Crippen LogP contribution in [0.2, 0.25) is 0 Å². The molecule has 1 aromatic carbocycles. The molecule has 6 nitrogen and oxygen atoms in total. The number of carbonyl (C=O) groups is 1. The maximum absolute atomic E-state index is 13.2. The maximum Gasteiger partial charge on any atom is 0.261 e. The van der Waals surface area contributed by atoms with Crippen LogP contribution in [-0.4, -0.2) is 42.6 Å². The smallest absolute Gasteiger partial charge is 0.261 e. The van der Waals surface area contributed by atoms with Crippen LogP contribution in [0.5, 0.6) is 5.75 Å². The molecule has 0 bridgehead atoms. The predicted octanol–water partition coefficient (Wildman–Crippen LogP) is 2.97. The molecule has 0 radical (unpaired) electrons. The number of hydrogen-bond acceptors (Lipinski definition) is 4. The Morgan fingerprint density at radius 2 is 1.90 bits per heavy atom. The summed E-state index contributed by atoms with van der Waals surface area (Å²) in [5.74, 6) is 0.704. The molecule has 0 saturated carbocycles. The van der Waals surface area contributed by atoms with E-state index in [9.17, 15) is 9.59 Å². The average Bonchev–Trinajstić information content (AvgIpc) is 2.78. The number of hydrogen-bond donors (Lipinski definition) is 1. The van der Waals surface area contributed by atoms with Gasteiger partial charge in [0.25, 0.3) is 11.5 Å². The number of likely N-dealkylation sites (tertiary alicyclic amines) is 1. The summed E-state index contributed by atoms with van der Waals surface area (Å²) in [7, 11) is 1.68. The highest BCUT2D eigenvalue weighted by molar-refractivity contribution is 5.94. The molecule has 2 aliphatic heterocycles. The molecular formula is C24H28N2O4. The van der Waals surface area contributed by atoms with Crippen molar-refractivity contribution < 1.29 is 14.3 Å². The molecule has 3 aliphatic rings. The van der Waals surface area contributed by atoms with Gasteiger partial charge in [-0.25, -0.2) is 0 Å². The standard InChI is InChI=1S/C24H28N2O4/c1-29-18-6-7-20-16(14-18)8-13-30-24(20)9-11-26(12-10-24)23(28)19-15-17-4-2-3-5-21(17)25-22(19)27/h6-7,14-15H,2-5,8-13H2,1H3,(H,25,27). The van der Waals surface area contributed by atoms with Crippen molar-refractivity contribution >= 4 is 5.91 Å². The Balaban J connectivity index is 1.36. The van der Waals surface area contributed by atoms with E-state index < -0.39 is 0 Å². The number of aromatic nitrogens is 1. The Hall–Kier alpha value is -2.60. The van der Waals surface area contributed by atoms with Gasteiger partial charge in [-0.3, -0.25) is 9.59 Å². The topological polar surface area (TPSA) is 71.6 Å². The molecule has 1 aliphatic carbocycles. The first-order chi connectivity index (χ1) is 14.6.